The Kier molecular flexibility index (Phi) is 4.71. The molecule has 0 atom stereocenters. The molecule has 1 amide bonds. The molecule has 0 fully saturated rings. The van der Waals surface area contributed by atoms with E-state index in [0.717, 1.165) is 27.8 Å². The molecule has 0 aliphatic rings. The van der Waals surface area contributed by atoms with Crippen LogP contribution in [0.15, 0.2) is 60.7 Å². The highest BCUT2D eigenvalue weighted by Crippen LogP contribution is 2.33. The second-order valence-electron chi connectivity index (χ2n) is 6.33. The van der Waals surface area contributed by atoms with Gasteiger partial charge in [-0.1, -0.05) is 41.4 Å². The number of nitrogens with two attached hydrogens (primary N) is 1. The predicted molar refractivity (Wildman–Crippen MR) is 115 cm³/mol. The molecule has 0 bridgehead atoms. The number of halogens is 2. The number of rotatable bonds is 3. The van der Waals surface area contributed by atoms with Crippen LogP contribution < -0.4 is 11.1 Å². The zero-order valence-corrected chi connectivity index (χ0v) is 16.4. The Labute approximate surface area is 171 Å². The highest BCUT2D eigenvalue weighted by molar-refractivity contribution is 6.35. The molecule has 1 heterocycles. The molecular weight excluding hydrogens is 395 g/mol. The normalized spacial score (nSPS) is 11.0. The fourth-order valence-corrected chi connectivity index (χ4v) is 3.64. The third-order valence-corrected chi connectivity index (χ3v) is 4.92. The molecule has 3 aromatic carbocycles. The number of fused-ring (bicyclic) bond motifs is 1. The summed E-state index contributed by atoms with van der Waals surface area (Å²) in [7, 11) is 0. The zero-order chi connectivity index (χ0) is 19.8. The molecular formula is C21H16Cl2N4O. The number of hydrogen-bond donors (Lipinski definition) is 2. The SMILES string of the molecule is CC(=O)Nc1ccc(Cl)cc1-c1ccc(-n2c(N)nc3cccc(Cl)c32)cc1. The summed E-state index contributed by atoms with van der Waals surface area (Å²) >= 11 is 12.5. The Bertz CT molecular complexity index is 1200. The summed E-state index contributed by atoms with van der Waals surface area (Å²) in [5.41, 5.74) is 10.9. The number of nitrogens with zero attached hydrogens (tertiary/aromatic N) is 2. The molecule has 3 N–H and O–H groups in total. The molecule has 4 aromatic rings. The summed E-state index contributed by atoms with van der Waals surface area (Å²) in [5, 5.41) is 4.00. The second-order valence-corrected chi connectivity index (χ2v) is 7.17. The van der Waals surface area contributed by atoms with E-state index in [4.69, 9.17) is 28.9 Å². The van der Waals surface area contributed by atoms with Crippen molar-refractivity contribution >= 4 is 51.8 Å². The Morgan fingerprint density at radius 1 is 1.07 bits per heavy atom. The number of amides is 1. The topological polar surface area (TPSA) is 72.9 Å². The van der Waals surface area contributed by atoms with Crippen molar-refractivity contribution in [1.82, 2.24) is 9.55 Å². The molecule has 0 saturated heterocycles. The number of hydrogen-bond acceptors (Lipinski definition) is 3. The van der Waals surface area contributed by atoms with Gasteiger partial charge in [0.15, 0.2) is 0 Å². The van der Waals surface area contributed by atoms with Crippen molar-refractivity contribution in [3.63, 3.8) is 0 Å². The van der Waals surface area contributed by atoms with Crippen LogP contribution in [0.25, 0.3) is 27.8 Å². The second kappa shape index (κ2) is 7.19. The van der Waals surface area contributed by atoms with Gasteiger partial charge in [-0.25, -0.2) is 4.98 Å². The van der Waals surface area contributed by atoms with Crippen LogP contribution in [0.2, 0.25) is 10.0 Å². The molecule has 7 heteroatoms. The fourth-order valence-electron chi connectivity index (χ4n) is 3.21. The molecule has 1 aromatic heterocycles. The Balaban J connectivity index is 1.81. The van der Waals surface area contributed by atoms with Gasteiger partial charge >= 0.3 is 0 Å². The average molecular weight is 411 g/mol. The van der Waals surface area contributed by atoms with Crippen LogP contribution in [0.1, 0.15) is 6.92 Å². The third kappa shape index (κ3) is 3.30. The van der Waals surface area contributed by atoms with Crippen LogP contribution >= 0.6 is 23.2 Å². The van der Waals surface area contributed by atoms with Crippen molar-refractivity contribution < 1.29 is 4.79 Å². The maximum atomic E-state index is 11.5. The van der Waals surface area contributed by atoms with Crippen molar-refractivity contribution in [3.05, 3.63) is 70.7 Å². The first kappa shape index (κ1) is 18.3. The number of nitrogens with one attached hydrogen (secondary N) is 1. The number of benzene rings is 3. The van der Waals surface area contributed by atoms with E-state index in [1.165, 1.54) is 6.92 Å². The minimum Gasteiger partial charge on any atom is -0.369 e. The first-order chi connectivity index (χ1) is 13.4. The summed E-state index contributed by atoms with van der Waals surface area (Å²) in [6.45, 7) is 1.47. The zero-order valence-electron chi connectivity index (χ0n) is 14.9. The monoisotopic (exact) mass is 410 g/mol. The number of para-hydroxylation sites is 1. The molecule has 0 radical (unpaired) electrons. The first-order valence-electron chi connectivity index (χ1n) is 8.54. The highest BCUT2D eigenvalue weighted by atomic mass is 35.5. The van der Waals surface area contributed by atoms with Crippen LogP contribution in [0, 0.1) is 0 Å². The lowest BCUT2D eigenvalue weighted by Crippen LogP contribution is -2.07. The molecule has 0 aliphatic carbocycles. The van der Waals surface area contributed by atoms with Gasteiger partial charge in [0, 0.05) is 28.9 Å². The molecule has 0 aliphatic heterocycles. The van der Waals surface area contributed by atoms with Gasteiger partial charge in [0.2, 0.25) is 11.9 Å². The summed E-state index contributed by atoms with van der Waals surface area (Å²) in [6, 6.07) is 18.6. The quantitative estimate of drug-likeness (QED) is 0.465. The highest BCUT2D eigenvalue weighted by Gasteiger charge is 2.14. The van der Waals surface area contributed by atoms with E-state index in [2.05, 4.69) is 10.3 Å². The van der Waals surface area contributed by atoms with Crippen LogP contribution in [0.3, 0.4) is 0 Å². The van der Waals surface area contributed by atoms with Gasteiger partial charge in [0.05, 0.1) is 16.1 Å². The van der Waals surface area contributed by atoms with Crippen molar-refractivity contribution in [2.75, 3.05) is 11.1 Å². The maximum absolute atomic E-state index is 11.5. The predicted octanol–water partition coefficient (Wildman–Crippen LogP) is 5.54. The molecule has 0 spiro atoms. The van der Waals surface area contributed by atoms with Crippen molar-refractivity contribution in [3.8, 4) is 16.8 Å². The Morgan fingerprint density at radius 3 is 2.54 bits per heavy atom. The minimum absolute atomic E-state index is 0.146. The summed E-state index contributed by atoms with van der Waals surface area (Å²) in [5.74, 6) is 0.213. The molecule has 0 unspecified atom stereocenters. The molecule has 5 nitrogen and oxygen atoms in total. The molecule has 28 heavy (non-hydrogen) atoms. The van der Waals surface area contributed by atoms with E-state index in [1.807, 2.05) is 53.1 Å². The summed E-state index contributed by atoms with van der Waals surface area (Å²) in [6.07, 6.45) is 0. The molecule has 4 rings (SSSR count). The van der Waals surface area contributed by atoms with Crippen LogP contribution in [0.5, 0.6) is 0 Å². The average Bonchev–Trinajstić information content (AvgIpc) is 3.00. The van der Waals surface area contributed by atoms with E-state index in [-0.39, 0.29) is 5.91 Å². The third-order valence-electron chi connectivity index (χ3n) is 4.38. The minimum atomic E-state index is -0.146. The smallest absolute Gasteiger partial charge is 0.221 e. The number of anilines is 2. The van der Waals surface area contributed by atoms with Crippen LogP contribution in [-0.4, -0.2) is 15.5 Å². The number of carbonyl (C=O) groups is 1. The molecule has 140 valence electrons. The number of nitrogen functional groups attached to an aromatic ring is 1. The van der Waals surface area contributed by atoms with E-state index in [9.17, 15) is 4.79 Å². The Hall–Kier alpha value is -3.02. The lowest BCUT2D eigenvalue weighted by Gasteiger charge is -2.12. The Morgan fingerprint density at radius 2 is 1.82 bits per heavy atom. The summed E-state index contributed by atoms with van der Waals surface area (Å²) < 4.78 is 1.81. The lowest BCUT2D eigenvalue weighted by atomic mass is 10.0. The van der Waals surface area contributed by atoms with Crippen molar-refractivity contribution in [2.24, 2.45) is 0 Å². The van der Waals surface area contributed by atoms with Gasteiger partial charge in [-0.3, -0.25) is 9.36 Å². The van der Waals surface area contributed by atoms with Gasteiger partial charge in [-0.15, -0.1) is 0 Å². The molecule has 0 saturated carbocycles. The lowest BCUT2D eigenvalue weighted by molar-refractivity contribution is -0.114. The van der Waals surface area contributed by atoms with Gasteiger partial charge in [0.1, 0.15) is 0 Å². The van der Waals surface area contributed by atoms with E-state index < -0.39 is 0 Å². The van der Waals surface area contributed by atoms with E-state index in [0.29, 0.717) is 21.7 Å². The first-order valence-corrected chi connectivity index (χ1v) is 9.30. The fraction of sp³-hybridized carbons (Fsp3) is 0.0476. The van der Waals surface area contributed by atoms with E-state index >= 15 is 0 Å². The van der Waals surface area contributed by atoms with Gasteiger partial charge < -0.3 is 11.1 Å². The van der Waals surface area contributed by atoms with Gasteiger partial charge in [-0.2, -0.15) is 0 Å². The largest absolute Gasteiger partial charge is 0.369 e. The van der Waals surface area contributed by atoms with Crippen LogP contribution in [-0.2, 0) is 4.79 Å². The van der Waals surface area contributed by atoms with Crippen molar-refractivity contribution in [1.29, 1.82) is 0 Å². The van der Waals surface area contributed by atoms with Gasteiger partial charge in [0.25, 0.3) is 0 Å². The standard InChI is InChI=1S/C21H16Cl2N4O/c1-12(28)25-18-10-7-14(22)11-16(18)13-5-8-15(9-6-13)27-20-17(23)3-2-4-19(20)26-21(27)24/h2-11H,1H3,(H2,24,26)(H,25,28). The number of aromatic nitrogens is 2. The van der Waals surface area contributed by atoms with Crippen molar-refractivity contribution in [2.45, 2.75) is 6.92 Å². The van der Waals surface area contributed by atoms with Gasteiger partial charge in [-0.05, 0) is 48.0 Å². The maximum Gasteiger partial charge on any atom is 0.221 e. The number of imidazole rings is 1. The van der Waals surface area contributed by atoms with E-state index in [1.54, 1.807) is 12.1 Å². The summed E-state index contributed by atoms with van der Waals surface area (Å²) in [4.78, 5) is 15.9. The van der Waals surface area contributed by atoms with Crippen LogP contribution in [0.4, 0.5) is 11.6 Å². The number of carbonyl (C=O) groups excluding carboxylic acids is 1.